The van der Waals surface area contributed by atoms with Crippen molar-refractivity contribution in [1.82, 2.24) is 5.32 Å². The zero-order valence-electron chi connectivity index (χ0n) is 13.9. The molecule has 0 bridgehead atoms. The Balaban J connectivity index is 2.66. The van der Waals surface area contributed by atoms with Gasteiger partial charge in [-0.05, 0) is 50.1 Å². The summed E-state index contributed by atoms with van der Waals surface area (Å²) in [6.07, 6.45) is 0.287. The Kier molecular flexibility index (Phi) is 8.30. The first kappa shape index (κ1) is 18.5. The minimum Gasteiger partial charge on any atom is -0.377 e. The predicted octanol–water partition coefficient (Wildman–Crippen LogP) is 4.06. The number of likely N-dealkylation sites (N-methyl/N-ethyl adjacent to an activating group) is 1. The molecule has 4 heteroatoms. The van der Waals surface area contributed by atoms with Gasteiger partial charge in [0.15, 0.2) is 0 Å². The second kappa shape index (κ2) is 9.44. The van der Waals surface area contributed by atoms with Crippen LogP contribution in [0.2, 0.25) is 0 Å². The molecule has 120 valence electrons. The average molecular weight is 357 g/mol. The molecule has 1 aromatic rings. The summed E-state index contributed by atoms with van der Waals surface area (Å²) in [6.45, 7) is 12.2. The van der Waals surface area contributed by atoms with E-state index < -0.39 is 0 Å². The molecular formula is C17H29BrN2O. The van der Waals surface area contributed by atoms with E-state index in [4.69, 9.17) is 4.74 Å². The third-order valence-corrected chi connectivity index (χ3v) is 3.69. The Morgan fingerprint density at radius 1 is 1.24 bits per heavy atom. The van der Waals surface area contributed by atoms with E-state index in [2.05, 4.69) is 79.1 Å². The monoisotopic (exact) mass is 356 g/mol. The van der Waals surface area contributed by atoms with E-state index in [-0.39, 0.29) is 6.10 Å². The lowest BCUT2D eigenvalue weighted by atomic mass is 10.1. The molecule has 1 aromatic carbocycles. The predicted molar refractivity (Wildman–Crippen MR) is 95.0 cm³/mol. The highest BCUT2D eigenvalue weighted by molar-refractivity contribution is 9.10. The van der Waals surface area contributed by atoms with Gasteiger partial charge in [-0.1, -0.05) is 29.8 Å². The van der Waals surface area contributed by atoms with Crippen LogP contribution in [0.3, 0.4) is 0 Å². The van der Waals surface area contributed by atoms with Gasteiger partial charge < -0.3 is 15.0 Å². The van der Waals surface area contributed by atoms with Crippen LogP contribution in [-0.4, -0.2) is 32.8 Å². The fourth-order valence-electron chi connectivity index (χ4n) is 2.11. The van der Waals surface area contributed by atoms with Crippen LogP contribution in [0, 0.1) is 5.92 Å². The molecule has 0 aliphatic carbocycles. The van der Waals surface area contributed by atoms with Crippen LogP contribution in [0.15, 0.2) is 22.7 Å². The lowest BCUT2D eigenvalue weighted by molar-refractivity contribution is 0.0846. The van der Waals surface area contributed by atoms with Crippen molar-refractivity contribution in [3.63, 3.8) is 0 Å². The van der Waals surface area contributed by atoms with Gasteiger partial charge in [-0.2, -0.15) is 0 Å². The first-order chi connectivity index (χ1) is 9.90. The standard InChI is InChI=1S/C17H29BrN2O/c1-13(2)11-19-12-15-10-16(18)6-7-17(15)20(5)8-9-21-14(3)4/h6-7,10,13-14,19H,8-9,11-12H2,1-5H3. The highest BCUT2D eigenvalue weighted by Crippen LogP contribution is 2.24. The highest BCUT2D eigenvalue weighted by Gasteiger charge is 2.09. The largest absolute Gasteiger partial charge is 0.377 e. The van der Waals surface area contributed by atoms with Crippen molar-refractivity contribution < 1.29 is 4.74 Å². The topological polar surface area (TPSA) is 24.5 Å². The van der Waals surface area contributed by atoms with Gasteiger partial charge in [0.05, 0.1) is 12.7 Å². The number of nitrogens with one attached hydrogen (secondary N) is 1. The lowest BCUT2D eigenvalue weighted by Crippen LogP contribution is -2.26. The molecular weight excluding hydrogens is 328 g/mol. The van der Waals surface area contributed by atoms with Gasteiger partial charge >= 0.3 is 0 Å². The van der Waals surface area contributed by atoms with Gasteiger partial charge in [-0.25, -0.2) is 0 Å². The van der Waals surface area contributed by atoms with E-state index in [9.17, 15) is 0 Å². The van der Waals surface area contributed by atoms with E-state index in [1.165, 1.54) is 11.3 Å². The molecule has 0 atom stereocenters. The summed E-state index contributed by atoms with van der Waals surface area (Å²) in [5.41, 5.74) is 2.58. The van der Waals surface area contributed by atoms with E-state index in [0.717, 1.165) is 30.7 Å². The van der Waals surface area contributed by atoms with Crippen molar-refractivity contribution in [2.24, 2.45) is 5.92 Å². The van der Waals surface area contributed by atoms with Crippen LogP contribution in [0.4, 0.5) is 5.69 Å². The first-order valence-corrected chi connectivity index (χ1v) is 8.51. The van der Waals surface area contributed by atoms with Crippen LogP contribution in [0.1, 0.15) is 33.3 Å². The molecule has 0 radical (unpaired) electrons. The van der Waals surface area contributed by atoms with E-state index >= 15 is 0 Å². The number of benzene rings is 1. The van der Waals surface area contributed by atoms with Gasteiger partial charge in [0.25, 0.3) is 0 Å². The van der Waals surface area contributed by atoms with Crippen LogP contribution >= 0.6 is 15.9 Å². The van der Waals surface area contributed by atoms with Crippen molar-refractivity contribution in [3.8, 4) is 0 Å². The molecule has 0 aromatic heterocycles. The van der Waals surface area contributed by atoms with E-state index in [1.807, 2.05) is 0 Å². The Hall–Kier alpha value is -0.580. The van der Waals surface area contributed by atoms with Crippen molar-refractivity contribution in [3.05, 3.63) is 28.2 Å². The zero-order valence-corrected chi connectivity index (χ0v) is 15.5. The normalized spacial score (nSPS) is 11.4. The number of ether oxygens (including phenoxy) is 1. The lowest BCUT2D eigenvalue weighted by Gasteiger charge is -2.23. The molecule has 21 heavy (non-hydrogen) atoms. The van der Waals surface area contributed by atoms with Crippen LogP contribution < -0.4 is 10.2 Å². The van der Waals surface area contributed by atoms with Crippen molar-refractivity contribution in [2.75, 3.05) is 31.6 Å². The van der Waals surface area contributed by atoms with Gasteiger partial charge in [-0.3, -0.25) is 0 Å². The van der Waals surface area contributed by atoms with Crippen LogP contribution in [0.25, 0.3) is 0 Å². The molecule has 0 unspecified atom stereocenters. The van der Waals surface area contributed by atoms with Gasteiger partial charge in [0.2, 0.25) is 0 Å². The molecule has 1 rings (SSSR count). The maximum Gasteiger partial charge on any atom is 0.0644 e. The fourth-order valence-corrected chi connectivity index (χ4v) is 2.52. The SMILES string of the molecule is CC(C)CNCc1cc(Br)ccc1N(C)CCOC(C)C. The Labute approximate surface area is 138 Å². The zero-order chi connectivity index (χ0) is 15.8. The third-order valence-electron chi connectivity index (χ3n) is 3.20. The van der Waals surface area contributed by atoms with E-state index in [0.29, 0.717) is 5.92 Å². The van der Waals surface area contributed by atoms with Crippen molar-refractivity contribution >= 4 is 21.6 Å². The number of rotatable bonds is 9. The van der Waals surface area contributed by atoms with Gasteiger partial charge in [0.1, 0.15) is 0 Å². The minimum atomic E-state index is 0.287. The molecule has 0 heterocycles. The minimum absolute atomic E-state index is 0.287. The molecule has 0 amide bonds. The number of anilines is 1. The summed E-state index contributed by atoms with van der Waals surface area (Å²) in [5, 5.41) is 3.52. The maximum absolute atomic E-state index is 5.64. The smallest absolute Gasteiger partial charge is 0.0644 e. The molecule has 0 fully saturated rings. The Bertz CT molecular complexity index is 421. The second-order valence-corrected chi connectivity index (χ2v) is 7.05. The summed E-state index contributed by atoms with van der Waals surface area (Å²) < 4.78 is 6.77. The Morgan fingerprint density at radius 3 is 2.57 bits per heavy atom. The molecule has 0 saturated heterocycles. The maximum atomic E-state index is 5.64. The molecule has 0 aliphatic heterocycles. The number of nitrogens with zero attached hydrogens (tertiary/aromatic N) is 1. The second-order valence-electron chi connectivity index (χ2n) is 6.14. The molecule has 0 spiro atoms. The van der Waals surface area contributed by atoms with Crippen molar-refractivity contribution in [2.45, 2.75) is 40.3 Å². The van der Waals surface area contributed by atoms with Gasteiger partial charge in [0, 0.05) is 30.3 Å². The molecule has 1 N–H and O–H groups in total. The van der Waals surface area contributed by atoms with E-state index in [1.54, 1.807) is 0 Å². The summed E-state index contributed by atoms with van der Waals surface area (Å²) in [7, 11) is 2.12. The average Bonchev–Trinajstić information content (AvgIpc) is 2.37. The molecule has 3 nitrogen and oxygen atoms in total. The highest BCUT2D eigenvalue weighted by atomic mass is 79.9. The van der Waals surface area contributed by atoms with Crippen molar-refractivity contribution in [1.29, 1.82) is 0 Å². The summed E-state index contributed by atoms with van der Waals surface area (Å²) in [5.74, 6) is 0.665. The number of halogens is 1. The Morgan fingerprint density at radius 2 is 1.95 bits per heavy atom. The number of hydrogen-bond acceptors (Lipinski definition) is 3. The van der Waals surface area contributed by atoms with Crippen LogP contribution in [-0.2, 0) is 11.3 Å². The third kappa shape index (κ3) is 7.30. The summed E-state index contributed by atoms with van der Waals surface area (Å²) in [4.78, 5) is 2.27. The van der Waals surface area contributed by atoms with Gasteiger partial charge in [-0.15, -0.1) is 0 Å². The number of hydrogen-bond donors (Lipinski definition) is 1. The quantitative estimate of drug-likeness (QED) is 0.721. The molecule has 0 aliphatic rings. The summed E-state index contributed by atoms with van der Waals surface area (Å²) in [6, 6.07) is 6.47. The van der Waals surface area contributed by atoms with Crippen LogP contribution in [0.5, 0.6) is 0 Å². The summed E-state index contributed by atoms with van der Waals surface area (Å²) >= 11 is 3.57. The fraction of sp³-hybridized carbons (Fsp3) is 0.647. The first-order valence-electron chi connectivity index (χ1n) is 7.72. The molecule has 0 saturated carbocycles.